The van der Waals surface area contributed by atoms with E-state index in [1.165, 1.54) is 0 Å². The average molecular weight is 419 g/mol. The molecule has 0 aliphatic heterocycles. The molecule has 0 unspecified atom stereocenters. The van der Waals surface area contributed by atoms with Gasteiger partial charge < -0.3 is 20.5 Å². The van der Waals surface area contributed by atoms with Crippen LogP contribution >= 0.6 is 24.0 Å². The summed E-state index contributed by atoms with van der Waals surface area (Å²) in [5, 5.41) is 15.9. The number of ether oxygens (including phenoxy) is 1. The van der Waals surface area contributed by atoms with Crippen LogP contribution in [0.4, 0.5) is 0 Å². The van der Waals surface area contributed by atoms with E-state index >= 15 is 0 Å². The quantitative estimate of drug-likeness (QED) is 0.360. The van der Waals surface area contributed by atoms with Crippen molar-refractivity contribution in [2.45, 2.75) is 26.3 Å². The second-order valence-electron chi connectivity index (χ2n) is 5.55. The molecule has 0 radical (unpaired) electrons. The largest absolute Gasteiger partial charge is 0.497 e. The fourth-order valence-corrected chi connectivity index (χ4v) is 2.08. The zero-order valence-electron chi connectivity index (χ0n) is 13.3. The van der Waals surface area contributed by atoms with E-state index in [-0.39, 0.29) is 36.0 Å². The molecule has 22 heavy (non-hydrogen) atoms. The molecule has 0 spiro atoms. The number of aliphatic hydroxyl groups is 1. The maximum atomic E-state index is 9.34. The molecule has 124 valence electrons. The Labute approximate surface area is 149 Å². The first-order valence-corrected chi connectivity index (χ1v) is 7.47. The number of nitrogens with zero attached hydrogens (tertiary/aromatic N) is 1. The number of guanidine groups is 1. The second kappa shape index (κ2) is 9.19. The summed E-state index contributed by atoms with van der Waals surface area (Å²) in [5.41, 5.74) is 1.22. The molecular formula is C16H26IN3O2. The van der Waals surface area contributed by atoms with Gasteiger partial charge in [-0.2, -0.15) is 0 Å². The summed E-state index contributed by atoms with van der Waals surface area (Å²) in [6.07, 6.45) is 2.18. The second-order valence-corrected chi connectivity index (χ2v) is 5.55. The van der Waals surface area contributed by atoms with Crippen LogP contribution in [0.15, 0.2) is 29.3 Å². The standard InChI is InChI=1S/C16H25N3O2.HI/c1-3-17-15(19-11-16(12-20)8-9-16)18-10-13-4-6-14(21-2)7-5-13;/h4-7,20H,3,8-12H2,1-2H3,(H2,17,18,19);1H. The van der Waals surface area contributed by atoms with Crippen LogP contribution in [0.5, 0.6) is 5.75 Å². The van der Waals surface area contributed by atoms with Gasteiger partial charge in [0.15, 0.2) is 5.96 Å². The van der Waals surface area contributed by atoms with Gasteiger partial charge in [0.25, 0.3) is 0 Å². The number of hydrogen-bond donors (Lipinski definition) is 3. The molecule has 0 saturated heterocycles. The van der Waals surface area contributed by atoms with Gasteiger partial charge in [0.2, 0.25) is 0 Å². The van der Waals surface area contributed by atoms with E-state index in [1.54, 1.807) is 7.11 Å². The first-order valence-electron chi connectivity index (χ1n) is 7.47. The SMILES string of the molecule is CCNC(=NCc1ccc(OC)cc1)NCC1(CO)CC1.I. The molecule has 1 aliphatic carbocycles. The van der Waals surface area contributed by atoms with Crippen LogP contribution in [-0.4, -0.2) is 37.9 Å². The van der Waals surface area contributed by atoms with Crippen molar-refractivity contribution in [1.29, 1.82) is 0 Å². The number of hydrogen-bond acceptors (Lipinski definition) is 3. The van der Waals surface area contributed by atoms with Crippen molar-refractivity contribution in [2.24, 2.45) is 10.4 Å². The Morgan fingerprint density at radius 2 is 1.95 bits per heavy atom. The van der Waals surface area contributed by atoms with Crippen molar-refractivity contribution in [3.8, 4) is 5.75 Å². The number of aliphatic hydroxyl groups excluding tert-OH is 1. The highest BCUT2D eigenvalue weighted by atomic mass is 127. The lowest BCUT2D eigenvalue weighted by molar-refractivity contribution is 0.212. The van der Waals surface area contributed by atoms with Crippen LogP contribution in [-0.2, 0) is 6.54 Å². The lowest BCUT2D eigenvalue weighted by atomic mass is 10.1. The molecule has 5 nitrogen and oxygen atoms in total. The van der Waals surface area contributed by atoms with E-state index in [4.69, 9.17) is 4.74 Å². The van der Waals surface area contributed by atoms with Crippen LogP contribution in [0, 0.1) is 5.41 Å². The highest BCUT2D eigenvalue weighted by Gasteiger charge is 2.41. The third kappa shape index (κ3) is 5.64. The number of aliphatic imine (C=N–C) groups is 1. The Hall–Kier alpha value is -1.02. The van der Waals surface area contributed by atoms with Gasteiger partial charge in [-0.05, 0) is 37.5 Å². The van der Waals surface area contributed by atoms with Crippen molar-refractivity contribution in [1.82, 2.24) is 10.6 Å². The predicted octanol–water partition coefficient (Wildman–Crippen LogP) is 2.14. The van der Waals surface area contributed by atoms with Crippen molar-refractivity contribution >= 4 is 29.9 Å². The minimum Gasteiger partial charge on any atom is -0.497 e. The monoisotopic (exact) mass is 419 g/mol. The third-order valence-corrected chi connectivity index (χ3v) is 3.85. The molecule has 1 saturated carbocycles. The minimum absolute atomic E-state index is 0. The highest BCUT2D eigenvalue weighted by molar-refractivity contribution is 14.0. The summed E-state index contributed by atoms with van der Waals surface area (Å²) in [6.45, 7) is 4.51. The Kier molecular flexibility index (Phi) is 7.95. The van der Waals surface area contributed by atoms with Crippen LogP contribution < -0.4 is 15.4 Å². The molecule has 1 fully saturated rings. The third-order valence-electron chi connectivity index (χ3n) is 3.85. The molecule has 0 amide bonds. The van der Waals surface area contributed by atoms with Crippen molar-refractivity contribution < 1.29 is 9.84 Å². The summed E-state index contributed by atoms with van der Waals surface area (Å²) >= 11 is 0. The van der Waals surface area contributed by atoms with Gasteiger partial charge in [-0.1, -0.05) is 12.1 Å². The molecule has 1 aromatic carbocycles. The lowest BCUT2D eigenvalue weighted by Crippen LogP contribution is -2.41. The van der Waals surface area contributed by atoms with E-state index in [9.17, 15) is 5.11 Å². The molecule has 0 bridgehead atoms. The van der Waals surface area contributed by atoms with Gasteiger partial charge in [-0.3, -0.25) is 0 Å². The summed E-state index contributed by atoms with van der Waals surface area (Å²) < 4.78 is 5.14. The zero-order chi connectivity index (χ0) is 15.1. The van der Waals surface area contributed by atoms with Gasteiger partial charge in [0.1, 0.15) is 5.75 Å². The average Bonchev–Trinajstić information content (AvgIpc) is 3.31. The number of halogens is 1. The number of methoxy groups -OCH3 is 1. The smallest absolute Gasteiger partial charge is 0.191 e. The maximum absolute atomic E-state index is 9.34. The van der Waals surface area contributed by atoms with E-state index in [0.717, 1.165) is 43.2 Å². The molecule has 3 N–H and O–H groups in total. The maximum Gasteiger partial charge on any atom is 0.191 e. The van der Waals surface area contributed by atoms with E-state index in [1.807, 2.05) is 31.2 Å². The van der Waals surface area contributed by atoms with Crippen molar-refractivity contribution in [3.05, 3.63) is 29.8 Å². The summed E-state index contributed by atoms with van der Waals surface area (Å²) in [6, 6.07) is 7.91. The van der Waals surface area contributed by atoms with E-state index in [0.29, 0.717) is 6.54 Å². The Bertz CT molecular complexity index is 473. The molecule has 1 aromatic rings. The Morgan fingerprint density at radius 1 is 1.27 bits per heavy atom. The fraction of sp³-hybridized carbons (Fsp3) is 0.562. The van der Waals surface area contributed by atoms with Gasteiger partial charge in [0.05, 0.1) is 20.3 Å². The van der Waals surface area contributed by atoms with Gasteiger partial charge in [-0.15, -0.1) is 24.0 Å². The predicted molar refractivity (Wildman–Crippen MR) is 100.0 cm³/mol. The van der Waals surface area contributed by atoms with E-state index < -0.39 is 0 Å². The lowest BCUT2D eigenvalue weighted by Gasteiger charge is -2.16. The van der Waals surface area contributed by atoms with Gasteiger partial charge in [-0.25, -0.2) is 4.99 Å². The topological polar surface area (TPSA) is 65.9 Å². The van der Waals surface area contributed by atoms with Crippen molar-refractivity contribution in [2.75, 3.05) is 26.8 Å². The summed E-state index contributed by atoms with van der Waals surface area (Å²) in [7, 11) is 1.66. The Morgan fingerprint density at radius 3 is 2.45 bits per heavy atom. The normalized spacial score (nSPS) is 15.7. The first kappa shape index (κ1) is 19.0. The fourth-order valence-electron chi connectivity index (χ4n) is 2.08. The van der Waals surface area contributed by atoms with Gasteiger partial charge in [0, 0.05) is 18.5 Å². The molecule has 0 atom stereocenters. The van der Waals surface area contributed by atoms with Crippen LogP contribution in [0.3, 0.4) is 0 Å². The molecule has 1 aliphatic rings. The van der Waals surface area contributed by atoms with Crippen LogP contribution in [0.2, 0.25) is 0 Å². The molecule has 2 rings (SSSR count). The molecule has 0 aromatic heterocycles. The van der Waals surface area contributed by atoms with Crippen LogP contribution in [0.25, 0.3) is 0 Å². The Balaban J connectivity index is 0.00000242. The van der Waals surface area contributed by atoms with Crippen molar-refractivity contribution in [3.63, 3.8) is 0 Å². The summed E-state index contributed by atoms with van der Waals surface area (Å²) in [4.78, 5) is 4.58. The van der Waals surface area contributed by atoms with Crippen LogP contribution in [0.1, 0.15) is 25.3 Å². The highest BCUT2D eigenvalue weighted by Crippen LogP contribution is 2.44. The number of rotatable bonds is 7. The minimum atomic E-state index is 0. The molecule has 0 heterocycles. The summed E-state index contributed by atoms with van der Waals surface area (Å²) in [5.74, 6) is 1.65. The first-order chi connectivity index (χ1) is 10.2. The zero-order valence-corrected chi connectivity index (χ0v) is 15.6. The number of nitrogens with one attached hydrogen (secondary N) is 2. The van der Waals surface area contributed by atoms with Gasteiger partial charge >= 0.3 is 0 Å². The van der Waals surface area contributed by atoms with E-state index in [2.05, 4.69) is 15.6 Å². The molecule has 6 heteroatoms. The number of benzene rings is 1. The molecular weight excluding hydrogens is 393 g/mol.